The Kier molecular flexibility index (Phi) is 10.3. The van der Waals surface area contributed by atoms with Crippen molar-refractivity contribution in [1.82, 2.24) is 5.32 Å². The molecule has 2 rings (SSSR count). The maximum Gasteiger partial charge on any atom is 0.320 e. The first-order valence-corrected chi connectivity index (χ1v) is 10.6. The van der Waals surface area contributed by atoms with Gasteiger partial charge in [-0.3, -0.25) is 15.1 Å². The fraction of sp³-hybridized carbons (Fsp3) is 0.889. The molecule has 34 heavy (non-hydrogen) atoms. The Morgan fingerprint density at radius 3 is 2.44 bits per heavy atom. The minimum absolute atomic E-state index is 0.0751. The van der Waals surface area contributed by atoms with Crippen LogP contribution in [0, 0.1) is 0 Å². The average Bonchev–Trinajstić information content (AvgIpc) is 2.78. The highest BCUT2D eigenvalue weighted by Gasteiger charge is 2.53. The number of rotatable bonds is 11. The van der Waals surface area contributed by atoms with Crippen LogP contribution in [0.4, 0.5) is 0 Å². The van der Waals surface area contributed by atoms with E-state index in [0.29, 0.717) is 6.42 Å². The van der Waals surface area contributed by atoms with Crippen LogP contribution in [-0.2, 0) is 19.0 Å². The number of hydrogen-bond acceptors (Lipinski definition) is 13. The second-order valence-electron chi connectivity index (χ2n) is 8.19. The van der Waals surface area contributed by atoms with Gasteiger partial charge >= 0.3 is 5.97 Å². The van der Waals surface area contributed by atoms with Crippen molar-refractivity contribution >= 4 is 11.9 Å². The molecule has 0 spiro atoms. The SMILES string of the molecule is NC(N)=NCCCC(NC[C@@]1(O)OC[C@@H](O)[C@@H](O[C@H]2O[C@H](CO)[C@@H](O)[C@H](O)[C@H]2O)[C@@H]1O)C(=O)O. The Morgan fingerprint density at radius 2 is 1.85 bits per heavy atom. The molecule has 0 bridgehead atoms. The van der Waals surface area contributed by atoms with Gasteiger partial charge in [0.05, 0.1) is 19.8 Å². The van der Waals surface area contributed by atoms with E-state index >= 15 is 0 Å². The minimum Gasteiger partial charge on any atom is -0.480 e. The minimum atomic E-state index is -2.41. The predicted octanol–water partition coefficient (Wildman–Crippen LogP) is -6.29. The van der Waals surface area contributed by atoms with Crippen molar-refractivity contribution in [3.8, 4) is 0 Å². The largest absolute Gasteiger partial charge is 0.480 e. The standard InChI is InChI=1S/C18H34N4O12/c19-17(20)21-3-1-2-7(15(29)30)22-6-18(31)14(28)13(8(24)5-32-18)34-16-12(27)11(26)10(25)9(4-23)33-16/h7-14,16,22-28,31H,1-6H2,(H,29,30)(H4,19,20,21)/t7?,8-,9-,10-,11+,12-,13-,14+,16-,18-/m1/s1. The summed E-state index contributed by atoms with van der Waals surface area (Å²) in [4.78, 5) is 15.3. The van der Waals surface area contributed by atoms with Gasteiger partial charge < -0.3 is 66.5 Å². The summed E-state index contributed by atoms with van der Waals surface area (Å²) in [5.74, 6) is -3.80. The molecule has 13 N–H and O–H groups in total. The maximum atomic E-state index is 11.5. The molecule has 10 atom stereocenters. The third kappa shape index (κ3) is 6.92. The lowest BCUT2D eigenvalue weighted by atomic mass is 9.95. The van der Waals surface area contributed by atoms with Gasteiger partial charge in [-0.05, 0) is 12.8 Å². The van der Waals surface area contributed by atoms with Crippen LogP contribution < -0.4 is 16.8 Å². The van der Waals surface area contributed by atoms with Crippen LogP contribution in [0.15, 0.2) is 4.99 Å². The summed E-state index contributed by atoms with van der Waals surface area (Å²) in [6.45, 7) is -1.68. The second kappa shape index (κ2) is 12.3. The monoisotopic (exact) mass is 498 g/mol. The van der Waals surface area contributed by atoms with E-state index in [2.05, 4.69) is 10.3 Å². The number of nitrogens with zero attached hydrogens (tertiary/aromatic N) is 1. The highest BCUT2D eigenvalue weighted by Crippen LogP contribution is 2.30. The van der Waals surface area contributed by atoms with Gasteiger partial charge in [-0.15, -0.1) is 0 Å². The van der Waals surface area contributed by atoms with Gasteiger partial charge in [-0.1, -0.05) is 0 Å². The van der Waals surface area contributed by atoms with Gasteiger partial charge in [0.2, 0.25) is 5.79 Å². The van der Waals surface area contributed by atoms with Crippen LogP contribution in [0.5, 0.6) is 0 Å². The Hall–Kier alpha value is -1.70. The molecule has 0 aromatic heterocycles. The number of ether oxygens (including phenoxy) is 3. The number of carbonyl (C=O) groups is 1. The molecule has 0 aromatic carbocycles. The number of aliphatic imine (C=N–C) groups is 1. The van der Waals surface area contributed by atoms with Gasteiger partial charge in [-0.2, -0.15) is 0 Å². The summed E-state index contributed by atoms with van der Waals surface area (Å²) >= 11 is 0. The normalized spacial score (nSPS) is 39.4. The van der Waals surface area contributed by atoms with Crippen LogP contribution >= 0.6 is 0 Å². The van der Waals surface area contributed by atoms with Gasteiger partial charge in [0.1, 0.15) is 48.8 Å². The van der Waals surface area contributed by atoms with Crippen LogP contribution in [0.25, 0.3) is 0 Å². The lowest BCUT2D eigenvalue weighted by molar-refractivity contribution is -0.367. The number of aliphatic carboxylic acids is 1. The number of hydrogen-bond donors (Lipinski definition) is 11. The fourth-order valence-electron chi connectivity index (χ4n) is 3.62. The van der Waals surface area contributed by atoms with Gasteiger partial charge in [0, 0.05) is 6.54 Å². The van der Waals surface area contributed by atoms with E-state index in [4.69, 9.17) is 25.7 Å². The fourth-order valence-corrected chi connectivity index (χ4v) is 3.62. The third-order valence-corrected chi connectivity index (χ3v) is 5.64. The summed E-state index contributed by atoms with van der Waals surface area (Å²) in [5.41, 5.74) is 10.4. The quantitative estimate of drug-likeness (QED) is 0.0717. The zero-order valence-corrected chi connectivity index (χ0v) is 18.3. The van der Waals surface area contributed by atoms with Crippen molar-refractivity contribution in [2.45, 2.75) is 73.7 Å². The van der Waals surface area contributed by atoms with E-state index < -0.39 is 86.6 Å². The van der Waals surface area contributed by atoms with Gasteiger partial charge in [0.15, 0.2) is 12.2 Å². The summed E-state index contributed by atoms with van der Waals surface area (Å²) < 4.78 is 15.7. The summed E-state index contributed by atoms with van der Waals surface area (Å²) in [6.07, 6.45) is -12.9. The predicted molar refractivity (Wildman–Crippen MR) is 111 cm³/mol. The molecule has 0 radical (unpaired) electrons. The molecule has 198 valence electrons. The topological polar surface area (TPSA) is 283 Å². The molecule has 1 unspecified atom stereocenters. The lowest BCUT2D eigenvalue weighted by Crippen LogP contribution is -2.68. The van der Waals surface area contributed by atoms with Crippen molar-refractivity contribution in [3.63, 3.8) is 0 Å². The first-order valence-electron chi connectivity index (χ1n) is 10.6. The Morgan fingerprint density at radius 1 is 1.18 bits per heavy atom. The number of carboxylic acids is 1. The highest BCUT2D eigenvalue weighted by molar-refractivity contribution is 5.75. The zero-order valence-electron chi connectivity index (χ0n) is 18.3. The number of nitrogens with two attached hydrogens (primary N) is 2. The molecular weight excluding hydrogens is 464 g/mol. The Bertz CT molecular complexity index is 696. The van der Waals surface area contributed by atoms with E-state index in [1.54, 1.807) is 0 Å². The third-order valence-electron chi connectivity index (χ3n) is 5.64. The average molecular weight is 498 g/mol. The van der Waals surface area contributed by atoms with Crippen LogP contribution in [0.1, 0.15) is 12.8 Å². The molecule has 0 aliphatic carbocycles. The summed E-state index contributed by atoms with van der Waals surface area (Å²) in [5, 5.41) is 82.7. The molecule has 2 saturated heterocycles. The lowest BCUT2D eigenvalue weighted by Gasteiger charge is -2.47. The Labute approximate surface area is 194 Å². The number of carboxylic acid groups (broad SMARTS) is 1. The van der Waals surface area contributed by atoms with E-state index in [9.17, 15) is 45.6 Å². The molecule has 2 aliphatic heterocycles. The van der Waals surface area contributed by atoms with Crippen molar-refractivity contribution in [3.05, 3.63) is 0 Å². The smallest absolute Gasteiger partial charge is 0.320 e. The molecule has 16 heteroatoms. The Balaban J connectivity index is 2.03. The molecule has 2 heterocycles. The first kappa shape index (κ1) is 28.5. The van der Waals surface area contributed by atoms with Crippen molar-refractivity contribution in [1.29, 1.82) is 0 Å². The van der Waals surface area contributed by atoms with Crippen molar-refractivity contribution in [2.24, 2.45) is 16.5 Å². The van der Waals surface area contributed by atoms with E-state index in [1.807, 2.05) is 0 Å². The van der Waals surface area contributed by atoms with Crippen LogP contribution in [0.3, 0.4) is 0 Å². The maximum absolute atomic E-state index is 11.5. The number of aliphatic hydroxyl groups is 7. The summed E-state index contributed by atoms with van der Waals surface area (Å²) in [6, 6.07) is -1.16. The molecule has 16 nitrogen and oxygen atoms in total. The van der Waals surface area contributed by atoms with Crippen LogP contribution in [-0.4, -0.2) is 140 Å². The number of nitrogens with one attached hydrogen (secondary N) is 1. The zero-order chi connectivity index (χ0) is 25.6. The molecule has 2 fully saturated rings. The van der Waals surface area contributed by atoms with Crippen molar-refractivity contribution in [2.75, 3.05) is 26.3 Å². The van der Waals surface area contributed by atoms with Gasteiger partial charge in [0.25, 0.3) is 0 Å². The van der Waals surface area contributed by atoms with Gasteiger partial charge in [-0.25, -0.2) is 0 Å². The molecule has 0 aromatic rings. The second-order valence-corrected chi connectivity index (χ2v) is 8.19. The molecule has 0 amide bonds. The number of guanidine groups is 1. The molecule has 2 aliphatic rings. The summed E-state index contributed by atoms with van der Waals surface area (Å²) in [7, 11) is 0. The van der Waals surface area contributed by atoms with Crippen molar-refractivity contribution < 1.29 is 59.9 Å². The van der Waals surface area contributed by atoms with Crippen LogP contribution in [0.2, 0.25) is 0 Å². The van der Waals surface area contributed by atoms with E-state index in [1.165, 1.54) is 0 Å². The highest BCUT2D eigenvalue weighted by atomic mass is 16.7. The number of aliphatic hydroxyl groups excluding tert-OH is 6. The van der Waals surface area contributed by atoms with E-state index in [-0.39, 0.29) is 18.9 Å². The molecule has 0 saturated carbocycles. The molecular formula is C18H34N4O12. The van der Waals surface area contributed by atoms with E-state index in [0.717, 1.165) is 0 Å². The first-order chi connectivity index (χ1) is 15.9.